The fourth-order valence-corrected chi connectivity index (χ4v) is 3.95. The highest BCUT2D eigenvalue weighted by Crippen LogP contribution is 2.13. The van der Waals surface area contributed by atoms with Gasteiger partial charge in [0.05, 0.1) is 39.6 Å². The summed E-state index contributed by atoms with van der Waals surface area (Å²) in [6.07, 6.45) is -0.317. The standard InChI is InChI=1S/C20H26O5.C18H22O4/c1-21-12-14-24-20(17-25-19-10-6-3-7-11-19)16-22-13-15-23-18-8-4-2-5-9-18;1-19-12-13-20-18(14-21-16-8-4-2-5-9-16)15-22-17-10-6-3-7-11-17/h2-11,20H,12-17H2,1H3;2-11,18H,12-15H2,1H3. The molecular weight excluding hydrogens is 600 g/mol. The Morgan fingerprint density at radius 2 is 0.702 bits per heavy atom. The third-order valence-electron chi connectivity index (χ3n) is 6.36. The molecule has 0 radical (unpaired) electrons. The van der Waals surface area contributed by atoms with Gasteiger partial charge in [-0.05, 0) is 48.5 Å². The van der Waals surface area contributed by atoms with Crippen molar-refractivity contribution in [1.82, 2.24) is 0 Å². The second kappa shape index (κ2) is 25.0. The fraction of sp³-hybridized carbons (Fsp3) is 0.368. The van der Waals surface area contributed by atoms with Crippen LogP contribution in [-0.4, -0.2) is 92.5 Å². The molecule has 0 N–H and O–H groups in total. The summed E-state index contributed by atoms with van der Waals surface area (Å²) < 4.78 is 50.0. The Bertz CT molecular complexity index is 1200. The van der Waals surface area contributed by atoms with E-state index in [9.17, 15) is 0 Å². The molecule has 4 aromatic carbocycles. The summed E-state index contributed by atoms with van der Waals surface area (Å²) in [5.74, 6) is 3.30. The van der Waals surface area contributed by atoms with Gasteiger partial charge in [0.1, 0.15) is 61.6 Å². The summed E-state index contributed by atoms with van der Waals surface area (Å²) in [5.41, 5.74) is 0. The molecule has 0 aliphatic rings. The largest absolute Gasteiger partial charge is 0.491 e. The number of ether oxygens (including phenoxy) is 9. The Kier molecular flexibility index (Phi) is 19.9. The van der Waals surface area contributed by atoms with E-state index in [1.54, 1.807) is 14.2 Å². The van der Waals surface area contributed by atoms with Gasteiger partial charge in [0, 0.05) is 14.2 Å². The molecular formula is C38H48O9. The molecule has 4 aromatic rings. The number of rotatable bonds is 23. The molecule has 1 unspecified atom stereocenters. The first kappa shape index (κ1) is 37.3. The first-order chi connectivity index (χ1) is 23.3. The van der Waals surface area contributed by atoms with Crippen LogP contribution in [0.1, 0.15) is 0 Å². The highest BCUT2D eigenvalue weighted by Gasteiger charge is 2.13. The van der Waals surface area contributed by atoms with Crippen molar-refractivity contribution >= 4 is 0 Å². The molecule has 0 saturated heterocycles. The second-order valence-electron chi connectivity index (χ2n) is 10.1. The summed E-state index contributed by atoms with van der Waals surface area (Å²) in [7, 11) is 3.30. The Labute approximate surface area is 279 Å². The zero-order valence-electron chi connectivity index (χ0n) is 27.4. The van der Waals surface area contributed by atoms with Crippen LogP contribution in [-0.2, 0) is 23.7 Å². The number of hydrogen-bond acceptors (Lipinski definition) is 9. The SMILES string of the molecule is COCCOC(COCCOc1ccccc1)COc1ccccc1.COCCOC(COc1ccccc1)COc1ccccc1. The quantitative estimate of drug-likeness (QED) is 0.0853. The van der Waals surface area contributed by atoms with Crippen LogP contribution in [0.3, 0.4) is 0 Å². The molecule has 4 rings (SSSR count). The Morgan fingerprint density at radius 1 is 0.362 bits per heavy atom. The minimum Gasteiger partial charge on any atom is -0.491 e. The number of hydrogen-bond donors (Lipinski definition) is 0. The van der Waals surface area contributed by atoms with Crippen LogP contribution in [0.2, 0.25) is 0 Å². The van der Waals surface area contributed by atoms with E-state index >= 15 is 0 Å². The van der Waals surface area contributed by atoms with Crippen LogP contribution in [0.15, 0.2) is 121 Å². The van der Waals surface area contributed by atoms with E-state index in [0.29, 0.717) is 66.1 Å². The lowest BCUT2D eigenvalue weighted by atomic mass is 10.3. The van der Waals surface area contributed by atoms with Crippen molar-refractivity contribution in [2.45, 2.75) is 12.2 Å². The highest BCUT2D eigenvalue weighted by molar-refractivity contribution is 5.23. The maximum absolute atomic E-state index is 5.75. The predicted octanol–water partition coefficient (Wildman–Crippen LogP) is 6.37. The van der Waals surface area contributed by atoms with Crippen molar-refractivity contribution in [2.24, 2.45) is 0 Å². The van der Waals surface area contributed by atoms with E-state index in [1.165, 1.54) is 0 Å². The van der Waals surface area contributed by atoms with Gasteiger partial charge >= 0.3 is 0 Å². The molecule has 0 heterocycles. The lowest BCUT2D eigenvalue weighted by molar-refractivity contribution is -0.0534. The normalized spacial score (nSPS) is 11.3. The van der Waals surface area contributed by atoms with E-state index in [2.05, 4.69) is 0 Å². The molecule has 0 saturated carbocycles. The number of para-hydroxylation sites is 4. The van der Waals surface area contributed by atoms with E-state index < -0.39 is 0 Å². The van der Waals surface area contributed by atoms with Gasteiger partial charge in [0.2, 0.25) is 0 Å². The predicted molar refractivity (Wildman–Crippen MR) is 182 cm³/mol. The number of methoxy groups -OCH3 is 2. The van der Waals surface area contributed by atoms with E-state index in [-0.39, 0.29) is 12.2 Å². The van der Waals surface area contributed by atoms with Gasteiger partial charge in [0.25, 0.3) is 0 Å². The van der Waals surface area contributed by atoms with Crippen molar-refractivity contribution in [3.63, 3.8) is 0 Å². The van der Waals surface area contributed by atoms with Crippen LogP contribution in [0.4, 0.5) is 0 Å². The van der Waals surface area contributed by atoms with Crippen LogP contribution in [0.5, 0.6) is 23.0 Å². The molecule has 0 bridgehead atoms. The zero-order chi connectivity index (χ0) is 33.0. The summed E-state index contributed by atoms with van der Waals surface area (Å²) in [4.78, 5) is 0. The second-order valence-corrected chi connectivity index (χ2v) is 10.1. The van der Waals surface area contributed by atoms with Crippen LogP contribution >= 0.6 is 0 Å². The smallest absolute Gasteiger partial charge is 0.125 e. The van der Waals surface area contributed by atoms with Gasteiger partial charge in [0.15, 0.2) is 0 Å². The molecule has 0 amide bonds. The minimum absolute atomic E-state index is 0.157. The van der Waals surface area contributed by atoms with Crippen molar-refractivity contribution < 1.29 is 42.6 Å². The van der Waals surface area contributed by atoms with Crippen molar-refractivity contribution in [3.8, 4) is 23.0 Å². The molecule has 0 spiro atoms. The summed E-state index contributed by atoms with van der Waals surface area (Å²) >= 11 is 0. The lowest BCUT2D eigenvalue weighted by Crippen LogP contribution is -2.30. The summed E-state index contributed by atoms with van der Waals surface area (Å²) in [6, 6.07) is 38.7. The monoisotopic (exact) mass is 648 g/mol. The van der Waals surface area contributed by atoms with Gasteiger partial charge in [-0.25, -0.2) is 0 Å². The average molecular weight is 649 g/mol. The van der Waals surface area contributed by atoms with Gasteiger partial charge in [-0.3, -0.25) is 0 Å². The Hall–Kier alpha value is -4.12. The number of benzene rings is 4. The minimum atomic E-state index is -0.160. The molecule has 9 heteroatoms. The van der Waals surface area contributed by atoms with E-state index in [4.69, 9.17) is 42.6 Å². The van der Waals surface area contributed by atoms with Crippen molar-refractivity contribution in [1.29, 1.82) is 0 Å². The highest BCUT2D eigenvalue weighted by atomic mass is 16.6. The van der Waals surface area contributed by atoms with Gasteiger partial charge in [-0.2, -0.15) is 0 Å². The maximum Gasteiger partial charge on any atom is 0.125 e. The molecule has 0 aromatic heterocycles. The van der Waals surface area contributed by atoms with E-state index in [0.717, 1.165) is 23.0 Å². The van der Waals surface area contributed by atoms with Crippen LogP contribution in [0, 0.1) is 0 Å². The molecule has 9 nitrogen and oxygen atoms in total. The first-order valence-corrected chi connectivity index (χ1v) is 15.8. The van der Waals surface area contributed by atoms with E-state index in [1.807, 2.05) is 121 Å². The third kappa shape index (κ3) is 18.0. The van der Waals surface area contributed by atoms with Gasteiger partial charge in [-0.15, -0.1) is 0 Å². The first-order valence-electron chi connectivity index (χ1n) is 15.8. The average Bonchev–Trinajstić information content (AvgIpc) is 3.13. The molecule has 1 atom stereocenters. The molecule has 0 aliphatic heterocycles. The lowest BCUT2D eigenvalue weighted by Gasteiger charge is -2.19. The van der Waals surface area contributed by atoms with Gasteiger partial charge < -0.3 is 42.6 Å². The van der Waals surface area contributed by atoms with Crippen LogP contribution < -0.4 is 18.9 Å². The molecule has 47 heavy (non-hydrogen) atoms. The summed E-state index contributed by atoms with van der Waals surface area (Å²) in [6.45, 7) is 4.81. The Balaban J connectivity index is 0.000000257. The topological polar surface area (TPSA) is 83.1 Å². The summed E-state index contributed by atoms with van der Waals surface area (Å²) in [5, 5.41) is 0. The molecule has 0 aliphatic carbocycles. The molecule has 254 valence electrons. The zero-order valence-corrected chi connectivity index (χ0v) is 27.4. The third-order valence-corrected chi connectivity index (χ3v) is 6.36. The Morgan fingerprint density at radius 3 is 1.06 bits per heavy atom. The maximum atomic E-state index is 5.75. The molecule has 0 fully saturated rings. The van der Waals surface area contributed by atoms with Crippen LogP contribution in [0.25, 0.3) is 0 Å². The van der Waals surface area contributed by atoms with Crippen molar-refractivity contribution in [2.75, 3.05) is 80.3 Å². The van der Waals surface area contributed by atoms with Gasteiger partial charge in [-0.1, -0.05) is 72.8 Å². The van der Waals surface area contributed by atoms with Crippen molar-refractivity contribution in [3.05, 3.63) is 121 Å². The fourth-order valence-electron chi connectivity index (χ4n) is 3.95.